The molecule has 1 aromatic carbocycles. The summed E-state index contributed by atoms with van der Waals surface area (Å²) in [6.07, 6.45) is 1.66. The van der Waals surface area contributed by atoms with E-state index in [9.17, 15) is 9.18 Å². The van der Waals surface area contributed by atoms with E-state index in [0.717, 1.165) is 10.4 Å². The van der Waals surface area contributed by atoms with Gasteiger partial charge in [0.2, 0.25) is 0 Å². The van der Waals surface area contributed by atoms with Gasteiger partial charge in [-0.1, -0.05) is 11.6 Å². The van der Waals surface area contributed by atoms with Gasteiger partial charge in [0.15, 0.2) is 5.13 Å². The van der Waals surface area contributed by atoms with Crippen molar-refractivity contribution in [3.8, 4) is 0 Å². The number of hydrogen-bond donors (Lipinski definition) is 1. The van der Waals surface area contributed by atoms with Gasteiger partial charge in [-0.2, -0.15) is 0 Å². The summed E-state index contributed by atoms with van der Waals surface area (Å²) in [5.74, 6) is -0.998. The van der Waals surface area contributed by atoms with Crippen LogP contribution in [0.25, 0.3) is 0 Å². The molecule has 2 rings (SSSR count). The van der Waals surface area contributed by atoms with E-state index in [1.165, 1.54) is 23.5 Å². The van der Waals surface area contributed by atoms with E-state index in [1.54, 1.807) is 12.3 Å². The van der Waals surface area contributed by atoms with E-state index in [0.29, 0.717) is 5.13 Å². The number of anilines is 1. The highest BCUT2D eigenvalue weighted by Gasteiger charge is 2.13. The molecule has 0 fully saturated rings. The summed E-state index contributed by atoms with van der Waals surface area (Å²) in [4.78, 5) is 16.8. The zero-order chi connectivity index (χ0) is 12.4. The van der Waals surface area contributed by atoms with Crippen LogP contribution in [0.5, 0.6) is 0 Å². The quantitative estimate of drug-likeness (QED) is 0.889. The standard InChI is InChI=1S/C12H11FN2OS/c1-7-3-4-10(13)9(5-7)11(16)15-12-14-6-8(2)17-12/h3-6H,1-2H3,(H,14,15,16). The summed E-state index contributed by atoms with van der Waals surface area (Å²) in [5, 5.41) is 3.06. The number of amides is 1. The average Bonchev–Trinajstić information content (AvgIpc) is 2.67. The SMILES string of the molecule is Cc1ccc(F)c(C(=O)Nc2ncc(C)s2)c1. The molecule has 0 aliphatic heterocycles. The number of nitrogens with one attached hydrogen (secondary N) is 1. The normalized spacial score (nSPS) is 10.3. The maximum atomic E-state index is 13.5. The molecule has 0 unspecified atom stereocenters. The van der Waals surface area contributed by atoms with Crippen molar-refractivity contribution in [3.05, 3.63) is 46.2 Å². The Kier molecular flexibility index (Phi) is 3.19. The zero-order valence-electron chi connectivity index (χ0n) is 9.45. The van der Waals surface area contributed by atoms with Crippen molar-refractivity contribution in [2.24, 2.45) is 0 Å². The number of aryl methyl sites for hydroxylation is 2. The largest absolute Gasteiger partial charge is 0.298 e. The summed E-state index contributed by atoms with van der Waals surface area (Å²) < 4.78 is 13.5. The minimum absolute atomic E-state index is 0.0397. The maximum absolute atomic E-state index is 13.5. The molecule has 0 saturated carbocycles. The number of halogens is 1. The highest BCUT2D eigenvalue weighted by Crippen LogP contribution is 2.18. The highest BCUT2D eigenvalue weighted by atomic mass is 32.1. The molecule has 0 spiro atoms. The monoisotopic (exact) mass is 250 g/mol. The second-order valence-electron chi connectivity index (χ2n) is 3.71. The van der Waals surface area contributed by atoms with Crippen LogP contribution in [0.4, 0.5) is 9.52 Å². The van der Waals surface area contributed by atoms with Crippen LogP contribution < -0.4 is 5.32 Å². The van der Waals surface area contributed by atoms with Gasteiger partial charge < -0.3 is 0 Å². The van der Waals surface area contributed by atoms with Crippen LogP contribution in [0.1, 0.15) is 20.8 Å². The number of rotatable bonds is 2. The van der Waals surface area contributed by atoms with Gasteiger partial charge in [-0.05, 0) is 26.0 Å². The predicted octanol–water partition coefficient (Wildman–Crippen LogP) is 3.15. The van der Waals surface area contributed by atoms with Crippen LogP contribution in [0.3, 0.4) is 0 Å². The molecule has 1 aromatic heterocycles. The van der Waals surface area contributed by atoms with Gasteiger partial charge in [-0.3, -0.25) is 10.1 Å². The fourth-order valence-electron chi connectivity index (χ4n) is 1.39. The summed E-state index contributed by atoms with van der Waals surface area (Å²) in [5.41, 5.74) is 0.879. The topological polar surface area (TPSA) is 42.0 Å². The zero-order valence-corrected chi connectivity index (χ0v) is 10.3. The third-order valence-electron chi connectivity index (χ3n) is 2.21. The number of benzene rings is 1. The van der Waals surface area contributed by atoms with Gasteiger partial charge in [-0.15, -0.1) is 11.3 Å². The second kappa shape index (κ2) is 4.63. The Labute approximate surface area is 102 Å². The molecule has 0 radical (unpaired) electrons. The number of carbonyl (C=O) groups excluding carboxylic acids is 1. The Morgan fingerprint density at radius 3 is 2.82 bits per heavy atom. The third kappa shape index (κ3) is 2.68. The van der Waals surface area contributed by atoms with Crippen LogP contribution in [0, 0.1) is 19.7 Å². The fraction of sp³-hybridized carbons (Fsp3) is 0.167. The number of carbonyl (C=O) groups is 1. The summed E-state index contributed by atoms with van der Waals surface area (Å²) in [7, 11) is 0. The lowest BCUT2D eigenvalue weighted by atomic mass is 10.1. The van der Waals surface area contributed by atoms with E-state index < -0.39 is 11.7 Å². The van der Waals surface area contributed by atoms with Crippen LogP contribution >= 0.6 is 11.3 Å². The molecule has 88 valence electrons. The molecule has 0 aliphatic rings. The van der Waals surface area contributed by atoms with Crippen molar-refractivity contribution in [2.75, 3.05) is 5.32 Å². The van der Waals surface area contributed by atoms with Crippen molar-refractivity contribution >= 4 is 22.4 Å². The van der Waals surface area contributed by atoms with Crippen molar-refractivity contribution in [1.29, 1.82) is 0 Å². The molecular formula is C12H11FN2OS. The first-order chi connectivity index (χ1) is 8.06. The fourth-order valence-corrected chi connectivity index (χ4v) is 2.05. The summed E-state index contributed by atoms with van der Waals surface area (Å²) >= 11 is 1.36. The molecule has 1 N–H and O–H groups in total. The summed E-state index contributed by atoms with van der Waals surface area (Å²) in [6, 6.07) is 4.43. The van der Waals surface area contributed by atoms with Crippen LogP contribution in [-0.4, -0.2) is 10.9 Å². The molecule has 3 nitrogen and oxygen atoms in total. The third-order valence-corrected chi connectivity index (χ3v) is 3.04. The Balaban J connectivity index is 2.22. The molecule has 2 aromatic rings. The number of aromatic nitrogens is 1. The van der Waals surface area contributed by atoms with Crippen molar-refractivity contribution < 1.29 is 9.18 Å². The Morgan fingerprint density at radius 1 is 1.41 bits per heavy atom. The first-order valence-corrected chi connectivity index (χ1v) is 5.88. The van der Waals surface area contributed by atoms with Gasteiger partial charge in [0.25, 0.3) is 5.91 Å². The Morgan fingerprint density at radius 2 is 2.18 bits per heavy atom. The van der Waals surface area contributed by atoms with Crippen molar-refractivity contribution in [1.82, 2.24) is 4.98 Å². The Hall–Kier alpha value is -1.75. The average molecular weight is 250 g/mol. The molecule has 0 aliphatic carbocycles. The maximum Gasteiger partial charge on any atom is 0.260 e. The van der Waals surface area contributed by atoms with Gasteiger partial charge in [-0.25, -0.2) is 9.37 Å². The molecule has 0 saturated heterocycles. The molecule has 1 heterocycles. The number of thiazole rings is 1. The molecule has 17 heavy (non-hydrogen) atoms. The Bertz CT molecular complexity index is 565. The lowest BCUT2D eigenvalue weighted by Gasteiger charge is -2.04. The number of nitrogens with zero attached hydrogens (tertiary/aromatic N) is 1. The van der Waals surface area contributed by atoms with E-state index in [-0.39, 0.29) is 5.56 Å². The van der Waals surface area contributed by atoms with E-state index in [1.807, 2.05) is 13.8 Å². The van der Waals surface area contributed by atoms with Gasteiger partial charge in [0.05, 0.1) is 5.56 Å². The van der Waals surface area contributed by atoms with E-state index in [2.05, 4.69) is 10.3 Å². The van der Waals surface area contributed by atoms with E-state index >= 15 is 0 Å². The molecule has 1 amide bonds. The smallest absolute Gasteiger partial charge is 0.260 e. The molecular weight excluding hydrogens is 239 g/mol. The van der Waals surface area contributed by atoms with Gasteiger partial charge in [0.1, 0.15) is 5.82 Å². The van der Waals surface area contributed by atoms with Crippen LogP contribution in [-0.2, 0) is 0 Å². The van der Waals surface area contributed by atoms with Crippen molar-refractivity contribution in [3.63, 3.8) is 0 Å². The minimum Gasteiger partial charge on any atom is -0.298 e. The highest BCUT2D eigenvalue weighted by molar-refractivity contribution is 7.15. The van der Waals surface area contributed by atoms with Gasteiger partial charge in [0, 0.05) is 11.1 Å². The lowest BCUT2D eigenvalue weighted by Crippen LogP contribution is -2.13. The lowest BCUT2D eigenvalue weighted by molar-refractivity contribution is 0.102. The molecule has 0 atom stereocenters. The summed E-state index contributed by atoms with van der Waals surface area (Å²) in [6.45, 7) is 3.70. The first kappa shape index (κ1) is 11.7. The van der Waals surface area contributed by atoms with Crippen molar-refractivity contribution in [2.45, 2.75) is 13.8 Å². The second-order valence-corrected chi connectivity index (χ2v) is 4.95. The van der Waals surface area contributed by atoms with Crippen LogP contribution in [0.2, 0.25) is 0 Å². The van der Waals surface area contributed by atoms with E-state index in [4.69, 9.17) is 0 Å². The number of hydrogen-bond acceptors (Lipinski definition) is 3. The predicted molar refractivity (Wildman–Crippen MR) is 65.9 cm³/mol. The van der Waals surface area contributed by atoms with Gasteiger partial charge >= 0.3 is 0 Å². The molecule has 5 heteroatoms. The van der Waals surface area contributed by atoms with Crippen LogP contribution in [0.15, 0.2) is 24.4 Å². The first-order valence-electron chi connectivity index (χ1n) is 5.06. The minimum atomic E-state index is -0.527. The molecule has 0 bridgehead atoms.